The van der Waals surface area contributed by atoms with Crippen LogP contribution in [0.25, 0.3) is 0 Å². The molecular weight excluding hydrogens is 441 g/mol. The van der Waals surface area contributed by atoms with Crippen LogP contribution >= 0.6 is 24.0 Å². The number of nitrogens with zero attached hydrogens (tertiary/aromatic N) is 3. The number of guanidine groups is 1. The van der Waals surface area contributed by atoms with E-state index in [1.54, 1.807) is 7.05 Å². The minimum absolute atomic E-state index is 0. The van der Waals surface area contributed by atoms with Crippen molar-refractivity contribution < 1.29 is 4.52 Å². The highest BCUT2D eigenvalue weighted by Crippen LogP contribution is 2.20. The summed E-state index contributed by atoms with van der Waals surface area (Å²) < 4.78 is 5.34. The van der Waals surface area contributed by atoms with E-state index in [4.69, 9.17) is 4.52 Å². The number of halogens is 1. The van der Waals surface area contributed by atoms with Gasteiger partial charge in [0.05, 0.1) is 12.2 Å². The Kier molecular flexibility index (Phi) is 10.5. The molecule has 6 nitrogen and oxygen atoms in total. The van der Waals surface area contributed by atoms with Crippen LogP contribution in [-0.4, -0.2) is 49.2 Å². The number of rotatable bonds is 7. The topological polar surface area (TPSA) is 65.7 Å². The fourth-order valence-electron chi connectivity index (χ4n) is 3.56. The quantitative estimate of drug-likeness (QED) is 0.273. The highest BCUT2D eigenvalue weighted by molar-refractivity contribution is 14.0. The molecule has 2 N–H and O–H groups in total. The van der Waals surface area contributed by atoms with Crippen LogP contribution in [0.3, 0.4) is 0 Å². The lowest BCUT2D eigenvalue weighted by molar-refractivity contribution is 0.140. The van der Waals surface area contributed by atoms with Gasteiger partial charge in [-0.25, -0.2) is 0 Å². The van der Waals surface area contributed by atoms with Crippen molar-refractivity contribution in [2.45, 2.75) is 53.0 Å². The fraction of sp³-hybridized carbons (Fsp3) is 0.789. The molecule has 150 valence electrons. The van der Waals surface area contributed by atoms with Crippen LogP contribution in [0.4, 0.5) is 0 Å². The minimum atomic E-state index is 0. The molecule has 26 heavy (non-hydrogen) atoms. The highest BCUT2D eigenvalue weighted by Gasteiger charge is 2.20. The monoisotopic (exact) mass is 477 g/mol. The molecule has 2 atom stereocenters. The van der Waals surface area contributed by atoms with E-state index in [1.165, 1.54) is 19.5 Å². The predicted octanol–water partition coefficient (Wildman–Crippen LogP) is 3.45. The maximum atomic E-state index is 5.34. The van der Waals surface area contributed by atoms with Gasteiger partial charge in [-0.15, -0.1) is 24.0 Å². The van der Waals surface area contributed by atoms with E-state index in [0.717, 1.165) is 48.8 Å². The Morgan fingerprint density at radius 1 is 1.31 bits per heavy atom. The first kappa shape index (κ1) is 23.2. The van der Waals surface area contributed by atoms with Crippen molar-refractivity contribution in [1.82, 2.24) is 20.7 Å². The third-order valence-electron chi connectivity index (χ3n) is 4.71. The van der Waals surface area contributed by atoms with E-state index in [-0.39, 0.29) is 24.0 Å². The maximum absolute atomic E-state index is 5.34. The number of likely N-dealkylation sites (tertiary alicyclic amines) is 1. The Hall–Kier alpha value is -0.830. The molecular formula is C19H36IN5O. The second-order valence-corrected chi connectivity index (χ2v) is 7.78. The van der Waals surface area contributed by atoms with Crippen molar-refractivity contribution >= 4 is 29.9 Å². The average Bonchev–Trinajstić information content (AvgIpc) is 3.02. The largest absolute Gasteiger partial charge is 0.359 e. The van der Waals surface area contributed by atoms with Gasteiger partial charge in [0.1, 0.15) is 0 Å². The lowest BCUT2D eigenvalue weighted by Crippen LogP contribution is -2.41. The van der Waals surface area contributed by atoms with Crippen LogP contribution in [0.1, 0.15) is 57.9 Å². The zero-order valence-electron chi connectivity index (χ0n) is 16.9. The van der Waals surface area contributed by atoms with Crippen molar-refractivity contribution in [3.63, 3.8) is 0 Å². The number of hydrogen-bond acceptors (Lipinski definition) is 4. The average molecular weight is 477 g/mol. The van der Waals surface area contributed by atoms with E-state index in [1.807, 2.05) is 6.07 Å². The number of aromatic nitrogens is 1. The Morgan fingerprint density at radius 3 is 2.58 bits per heavy atom. The van der Waals surface area contributed by atoms with Crippen LogP contribution < -0.4 is 10.6 Å². The molecule has 0 radical (unpaired) electrons. The summed E-state index contributed by atoms with van der Waals surface area (Å²) in [7, 11) is 1.79. The third-order valence-corrected chi connectivity index (χ3v) is 4.71. The molecule has 7 heteroatoms. The summed E-state index contributed by atoms with van der Waals surface area (Å²) in [6, 6.07) is 2.00. The molecule has 1 aliphatic heterocycles. The normalized spacial score (nSPS) is 21.5. The summed E-state index contributed by atoms with van der Waals surface area (Å²) in [5.41, 5.74) is 0.990. The molecule has 0 saturated carbocycles. The molecule has 2 rings (SSSR count). The first-order chi connectivity index (χ1) is 12.0. The molecule has 1 saturated heterocycles. The van der Waals surface area contributed by atoms with Gasteiger partial charge in [0.25, 0.3) is 0 Å². The van der Waals surface area contributed by atoms with E-state index >= 15 is 0 Å². The molecule has 2 heterocycles. The Morgan fingerprint density at radius 2 is 2.00 bits per heavy atom. The summed E-state index contributed by atoms with van der Waals surface area (Å²) in [4.78, 5) is 6.87. The zero-order valence-corrected chi connectivity index (χ0v) is 19.2. The molecule has 0 bridgehead atoms. The third kappa shape index (κ3) is 7.82. The first-order valence-electron chi connectivity index (χ1n) is 9.60. The summed E-state index contributed by atoms with van der Waals surface area (Å²) in [5, 5.41) is 10.7. The van der Waals surface area contributed by atoms with E-state index in [0.29, 0.717) is 12.5 Å². The van der Waals surface area contributed by atoms with Gasteiger partial charge in [0.2, 0.25) is 0 Å². The number of nitrogens with one attached hydrogen (secondary N) is 2. The van der Waals surface area contributed by atoms with Gasteiger partial charge in [0, 0.05) is 32.7 Å². The van der Waals surface area contributed by atoms with Crippen molar-refractivity contribution in [3.8, 4) is 0 Å². The van der Waals surface area contributed by atoms with Crippen molar-refractivity contribution in [2.24, 2.45) is 16.8 Å². The van der Waals surface area contributed by atoms with Gasteiger partial charge in [0.15, 0.2) is 11.7 Å². The minimum Gasteiger partial charge on any atom is -0.359 e. The molecule has 1 aliphatic rings. The molecule has 1 aromatic rings. The van der Waals surface area contributed by atoms with Crippen LogP contribution in [0, 0.1) is 11.8 Å². The number of hydrogen-bond donors (Lipinski definition) is 2. The molecule has 1 fully saturated rings. The van der Waals surface area contributed by atoms with Gasteiger partial charge >= 0.3 is 0 Å². The van der Waals surface area contributed by atoms with Crippen LogP contribution in [0.15, 0.2) is 15.6 Å². The molecule has 0 amide bonds. The Balaban J connectivity index is 0.00000338. The molecule has 1 aromatic heterocycles. The SMILES string of the molecule is CN=C(NCCCN1CC(C)CC(C)C1)NCc1cc(C(C)C)no1.I. The van der Waals surface area contributed by atoms with E-state index in [2.05, 4.69) is 53.4 Å². The van der Waals surface area contributed by atoms with Crippen molar-refractivity contribution in [2.75, 3.05) is 33.2 Å². The van der Waals surface area contributed by atoms with Gasteiger partial charge in [-0.1, -0.05) is 32.9 Å². The highest BCUT2D eigenvalue weighted by atomic mass is 127. The zero-order chi connectivity index (χ0) is 18.2. The maximum Gasteiger partial charge on any atom is 0.191 e. The number of aliphatic imine (C=N–C) groups is 1. The van der Waals surface area contributed by atoms with Gasteiger partial charge < -0.3 is 20.1 Å². The summed E-state index contributed by atoms with van der Waals surface area (Å²) in [6.07, 6.45) is 2.49. The van der Waals surface area contributed by atoms with Gasteiger partial charge in [-0.2, -0.15) is 0 Å². The van der Waals surface area contributed by atoms with Crippen LogP contribution in [0.2, 0.25) is 0 Å². The standard InChI is InChI=1S/C19H35N5O.HI/c1-14(2)18-10-17(25-23-18)11-22-19(20-5)21-7-6-8-24-12-15(3)9-16(4)13-24;/h10,14-16H,6-9,11-13H2,1-5H3,(H2,20,21,22);1H. The van der Waals surface area contributed by atoms with E-state index < -0.39 is 0 Å². The summed E-state index contributed by atoms with van der Waals surface area (Å²) in [5.74, 6) is 3.67. The van der Waals surface area contributed by atoms with Gasteiger partial charge in [-0.05, 0) is 37.1 Å². The molecule has 2 unspecified atom stereocenters. The van der Waals surface area contributed by atoms with Crippen LogP contribution in [0.5, 0.6) is 0 Å². The van der Waals surface area contributed by atoms with Crippen molar-refractivity contribution in [3.05, 3.63) is 17.5 Å². The lowest BCUT2D eigenvalue weighted by Gasteiger charge is -2.35. The van der Waals surface area contributed by atoms with E-state index in [9.17, 15) is 0 Å². The van der Waals surface area contributed by atoms with Gasteiger partial charge in [-0.3, -0.25) is 4.99 Å². The summed E-state index contributed by atoms with van der Waals surface area (Å²) >= 11 is 0. The molecule has 0 aromatic carbocycles. The number of piperidine rings is 1. The Bertz CT molecular complexity index is 536. The van der Waals surface area contributed by atoms with Crippen molar-refractivity contribution in [1.29, 1.82) is 0 Å². The predicted molar refractivity (Wildman–Crippen MR) is 118 cm³/mol. The fourth-order valence-corrected chi connectivity index (χ4v) is 3.56. The lowest BCUT2D eigenvalue weighted by atomic mass is 9.92. The summed E-state index contributed by atoms with van der Waals surface area (Å²) in [6.45, 7) is 14.1. The van der Waals surface area contributed by atoms with Crippen LogP contribution in [-0.2, 0) is 6.54 Å². The Labute approximate surface area is 175 Å². The first-order valence-corrected chi connectivity index (χ1v) is 9.60. The second-order valence-electron chi connectivity index (χ2n) is 7.78. The molecule has 0 spiro atoms. The smallest absolute Gasteiger partial charge is 0.191 e. The molecule has 0 aliphatic carbocycles. The second kappa shape index (κ2) is 11.8.